The first-order valence-electron chi connectivity index (χ1n) is 9.87. The van der Waals surface area contributed by atoms with Crippen molar-refractivity contribution in [2.75, 3.05) is 0 Å². The maximum absolute atomic E-state index is 4.97. The first kappa shape index (κ1) is 18.8. The van der Waals surface area contributed by atoms with Gasteiger partial charge in [0, 0.05) is 6.20 Å². The monoisotopic (exact) mass is 327 g/mol. The Morgan fingerprint density at radius 1 is 0.875 bits per heavy atom. The molecule has 0 saturated carbocycles. The minimum absolute atomic E-state index is 0.730. The molecule has 0 aliphatic heterocycles. The van der Waals surface area contributed by atoms with Crippen LogP contribution in [0.1, 0.15) is 83.5 Å². The minimum atomic E-state index is 0.730. The highest BCUT2D eigenvalue weighted by atomic mass is 14.8. The third-order valence-electron chi connectivity index (χ3n) is 4.91. The fourth-order valence-corrected chi connectivity index (χ4v) is 3.28. The fraction of sp³-hybridized carbons (Fsp3) is 0.667. The smallest absolute Gasteiger partial charge is 0.107 e. The van der Waals surface area contributed by atoms with Crippen molar-refractivity contribution in [2.24, 2.45) is 5.92 Å². The summed E-state index contributed by atoms with van der Waals surface area (Å²) in [7, 11) is 0. The number of hydrogen-bond donors (Lipinski definition) is 0. The summed E-state index contributed by atoms with van der Waals surface area (Å²) in [5.74, 6) is 0.730. The predicted molar refractivity (Wildman–Crippen MR) is 102 cm³/mol. The molecule has 2 aromatic rings. The highest BCUT2D eigenvalue weighted by Crippen LogP contribution is 2.22. The molecule has 2 rings (SSSR count). The van der Waals surface area contributed by atoms with E-state index in [-0.39, 0.29) is 0 Å². The molecule has 0 aromatic carbocycles. The standard InChI is InChI=1S/C21H33N3/c1-4-7-9-10-12-18-20(15-17(6-3)11-8-5-2)23-19-13-14-22-16-21(19)24-18/h13-14,16-17H,4-12,15H2,1-3H3. The summed E-state index contributed by atoms with van der Waals surface area (Å²) in [4.78, 5) is 14.1. The van der Waals surface area contributed by atoms with Crippen molar-refractivity contribution in [3.63, 3.8) is 0 Å². The van der Waals surface area contributed by atoms with E-state index in [1.54, 1.807) is 0 Å². The van der Waals surface area contributed by atoms with E-state index in [0.717, 1.165) is 29.8 Å². The molecule has 0 amide bonds. The van der Waals surface area contributed by atoms with E-state index in [1.807, 2.05) is 18.5 Å². The molecule has 24 heavy (non-hydrogen) atoms. The largest absolute Gasteiger partial charge is 0.262 e. The maximum Gasteiger partial charge on any atom is 0.107 e. The zero-order valence-corrected chi connectivity index (χ0v) is 15.7. The second-order valence-electron chi connectivity index (χ2n) is 6.91. The number of pyridine rings is 1. The molecular weight excluding hydrogens is 294 g/mol. The third kappa shape index (κ3) is 5.54. The Bertz CT molecular complexity index is 609. The molecular formula is C21H33N3. The molecule has 0 aliphatic rings. The Hall–Kier alpha value is -1.51. The first-order valence-corrected chi connectivity index (χ1v) is 9.87. The van der Waals surface area contributed by atoms with Gasteiger partial charge in [-0.2, -0.15) is 0 Å². The Morgan fingerprint density at radius 3 is 2.42 bits per heavy atom. The molecule has 0 aliphatic carbocycles. The van der Waals surface area contributed by atoms with Gasteiger partial charge in [-0.25, -0.2) is 9.97 Å². The van der Waals surface area contributed by atoms with Crippen LogP contribution in [0.25, 0.3) is 11.0 Å². The molecule has 0 saturated heterocycles. The van der Waals surface area contributed by atoms with Crippen LogP contribution in [-0.4, -0.2) is 15.0 Å². The highest BCUT2D eigenvalue weighted by molar-refractivity contribution is 5.72. The molecule has 1 atom stereocenters. The predicted octanol–water partition coefficient (Wildman–Crippen LogP) is 5.91. The molecule has 3 heteroatoms. The highest BCUT2D eigenvalue weighted by Gasteiger charge is 2.14. The molecule has 2 aromatic heterocycles. The van der Waals surface area contributed by atoms with E-state index in [0.29, 0.717) is 0 Å². The second-order valence-corrected chi connectivity index (χ2v) is 6.91. The van der Waals surface area contributed by atoms with E-state index in [4.69, 9.17) is 9.97 Å². The molecule has 132 valence electrons. The first-order chi connectivity index (χ1) is 11.8. The fourth-order valence-electron chi connectivity index (χ4n) is 3.28. The quantitative estimate of drug-likeness (QED) is 0.482. The van der Waals surface area contributed by atoms with Gasteiger partial charge in [0.15, 0.2) is 0 Å². The van der Waals surface area contributed by atoms with Gasteiger partial charge in [0.05, 0.1) is 23.1 Å². The lowest BCUT2D eigenvalue weighted by Gasteiger charge is -2.16. The van der Waals surface area contributed by atoms with Crippen molar-refractivity contribution in [1.29, 1.82) is 0 Å². The Labute approximate surface area is 147 Å². The zero-order valence-electron chi connectivity index (χ0n) is 15.7. The van der Waals surface area contributed by atoms with Gasteiger partial charge in [0.25, 0.3) is 0 Å². The van der Waals surface area contributed by atoms with Crippen LogP contribution in [0, 0.1) is 5.92 Å². The van der Waals surface area contributed by atoms with Crippen LogP contribution in [0.2, 0.25) is 0 Å². The second kappa shape index (κ2) is 10.4. The zero-order chi connectivity index (χ0) is 17.2. The summed E-state index contributed by atoms with van der Waals surface area (Å²) in [6.07, 6.45) is 16.0. The number of nitrogens with zero attached hydrogens (tertiary/aromatic N) is 3. The van der Waals surface area contributed by atoms with Gasteiger partial charge in [-0.3, -0.25) is 4.98 Å². The SMILES string of the molecule is CCCCCCc1nc2cnccc2nc1CC(CC)CCCC. The van der Waals surface area contributed by atoms with Crippen molar-refractivity contribution in [3.8, 4) is 0 Å². The molecule has 1 unspecified atom stereocenters. The third-order valence-corrected chi connectivity index (χ3v) is 4.91. The number of unbranched alkanes of at least 4 members (excludes halogenated alkanes) is 4. The van der Waals surface area contributed by atoms with E-state index >= 15 is 0 Å². The van der Waals surface area contributed by atoms with Crippen molar-refractivity contribution in [1.82, 2.24) is 15.0 Å². The topological polar surface area (TPSA) is 38.7 Å². The van der Waals surface area contributed by atoms with Gasteiger partial charge in [-0.15, -0.1) is 0 Å². The van der Waals surface area contributed by atoms with Gasteiger partial charge in [-0.05, 0) is 31.2 Å². The molecule has 0 N–H and O–H groups in total. The van der Waals surface area contributed by atoms with Crippen molar-refractivity contribution >= 4 is 11.0 Å². The van der Waals surface area contributed by atoms with Gasteiger partial charge in [0.1, 0.15) is 5.52 Å². The lowest BCUT2D eigenvalue weighted by atomic mass is 9.92. The van der Waals surface area contributed by atoms with Gasteiger partial charge in [0.2, 0.25) is 0 Å². The number of aryl methyl sites for hydroxylation is 1. The van der Waals surface area contributed by atoms with Crippen LogP contribution in [-0.2, 0) is 12.8 Å². The Balaban J connectivity index is 2.19. The number of hydrogen-bond acceptors (Lipinski definition) is 3. The number of rotatable bonds is 11. The lowest BCUT2D eigenvalue weighted by Crippen LogP contribution is -2.10. The molecule has 3 nitrogen and oxygen atoms in total. The summed E-state index contributed by atoms with van der Waals surface area (Å²) >= 11 is 0. The van der Waals surface area contributed by atoms with E-state index in [9.17, 15) is 0 Å². The van der Waals surface area contributed by atoms with Gasteiger partial charge in [-0.1, -0.05) is 65.7 Å². The average molecular weight is 328 g/mol. The summed E-state index contributed by atoms with van der Waals surface area (Å²) in [5, 5.41) is 0. The van der Waals surface area contributed by atoms with Crippen LogP contribution in [0.15, 0.2) is 18.5 Å². The van der Waals surface area contributed by atoms with Crippen LogP contribution in [0.4, 0.5) is 0 Å². The summed E-state index contributed by atoms with van der Waals surface area (Å²) in [6, 6.07) is 1.99. The molecule has 0 bridgehead atoms. The minimum Gasteiger partial charge on any atom is -0.262 e. The summed E-state index contributed by atoms with van der Waals surface area (Å²) in [5.41, 5.74) is 4.37. The molecule has 0 spiro atoms. The Morgan fingerprint density at radius 2 is 1.67 bits per heavy atom. The molecule has 0 radical (unpaired) electrons. The van der Waals surface area contributed by atoms with Crippen molar-refractivity contribution < 1.29 is 0 Å². The Kier molecular flexibility index (Phi) is 8.14. The summed E-state index contributed by atoms with van der Waals surface area (Å²) < 4.78 is 0. The van der Waals surface area contributed by atoms with Crippen molar-refractivity contribution in [2.45, 2.75) is 85.0 Å². The molecule has 0 fully saturated rings. The van der Waals surface area contributed by atoms with Crippen LogP contribution < -0.4 is 0 Å². The molecule has 2 heterocycles. The van der Waals surface area contributed by atoms with Crippen LogP contribution in [0.5, 0.6) is 0 Å². The van der Waals surface area contributed by atoms with E-state index in [1.165, 1.54) is 62.8 Å². The van der Waals surface area contributed by atoms with Crippen molar-refractivity contribution in [3.05, 3.63) is 29.8 Å². The maximum atomic E-state index is 4.97. The number of fused-ring (bicyclic) bond motifs is 1. The normalized spacial score (nSPS) is 12.6. The lowest BCUT2D eigenvalue weighted by molar-refractivity contribution is 0.443. The van der Waals surface area contributed by atoms with Gasteiger partial charge < -0.3 is 0 Å². The van der Waals surface area contributed by atoms with E-state index < -0.39 is 0 Å². The van der Waals surface area contributed by atoms with E-state index in [2.05, 4.69) is 25.8 Å². The summed E-state index contributed by atoms with van der Waals surface area (Å²) in [6.45, 7) is 6.83. The van der Waals surface area contributed by atoms with Gasteiger partial charge >= 0.3 is 0 Å². The average Bonchev–Trinajstić information content (AvgIpc) is 2.62. The van der Waals surface area contributed by atoms with Crippen LogP contribution in [0.3, 0.4) is 0 Å². The number of aromatic nitrogens is 3. The van der Waals surface area contributed by atoms with Crippen LogP contribution >= 0.6 is 0 Å².